The van der Waals surface area contributed by atoms with E-state index in [1.165, 1.54) is 0 Å². The molecule has 1 atom stereocenters. The molecule has 3 heteroatoms. The second kappa shape index (κ2) is 3.68. The summed E-state index contributed by atoms with van der Waals surface area (Å²) in [6.07, 6.45) is 0. The second-order valence-corrected chi connectivity index (χ2v) is 3.13. The number of ketones is 1. The highest BCUT2D eigenvalue weighted by Crippen LogP contribution is 2.13. The highest BCUT2D eigenvalue weighted by atomic mass is 31.0. The summed E-state index contributed by atoms with van der Waals surface area (Å²) >= 11 is 0. The summed E-state index contributed by atoms with van der Waals surface area (Å²) in [7, 11) is 4.11. The zero-order chi connectivity index (χ0) is 9.14. The molecule has 0 fully saturated rings. The first-order valence-electron chi connectivity index (χ1n) is 3.59. The van der Waals surface area contributed by atoms with Crippen molar-refractivity contribution >= 4 is 20.3 Å². The van der Waals surface area contributed by atoms with Gasteiger partial charge in [-0.05, 0) is 24.4 Å². The average Bonchev–Trinajstić information content (AvgIpc) is 2.05. The molecule has 0 N–H and O–H groups in total. The SMILES string of the molecule is COc1ccc(P)c(C(C)=O)c1. The van der Waals surface area contributed by atoms with Crippen LogP contribution in [-0.4, -0.2) is 12.9 Å². The summed E-state index contributed by atoms with van der Waals surface area (Å²) < 4.78 is 5.00. The Morgan fingerprint density at radius 3 is 2.67 bits per heavy atom. The van der Waals surface area contributed by atoms with Crippen molar-refractivity contribution in [2.75, 3.05) is 7.11 Å². The van der Waals surface area contributed by atoms with E-state index in [2.05, 4.69) is 9.24 Å². The van der Waals surface area contributed by atoms with Crippen LogP contribution < -0.4 is 10.0 Å². The van der Waals surface area contributed by atoms with Gasteiger partial charge in [-0.15, -0.1) is 9.24 Å². The van der Waals surface area contributed by atoms with Gasteiger partial charge in [0.15, 0.2) is 5.78 Å². The zero-order valence-electron chi connectivity index (χ0n) is 7.13. The molecule has 1 unspecified atom stereocenters. The lowest BCUT2D eigenvalue weighted by atomic mass is 10.1. The molecular formula is C9H11O2P. The molecule has 1 rings (SSSR count). The fraction of sp³-hybridized carbons (Fsp3) is 0.222. The van der Waals surface area contributed by atoms with Crippen molar-refractivity contribution in [3.8, 4) is 5.75 Å². The van der Waals surface area contributed by atoms with Crippen LogP contribution in [0.15, 0.2) is 18.2 Å². The molecule has 1 aromatic carbocycles. The highest BCUT2D eigenvalue weighted by Gasteiger charge is 2.04. The van der Waals surface area contributed by atoms with Crippen molar-refractivity contribution in [2.24, 2.45) is 0 Å². The number of ether oxygens (including phenoxy) is 1. The van der Waals surface area contributed by atoms with Crippen molar-refractivity contribution in [3.63, 3.8) is 0 Å². The number of carbonyl (C=O) groups is 1. The number of methoxy groups -OCH3 is 1. The Morgan fingerprint density at radius 2 is 2.17 bits per heavy atom. The van der Waals surface area contributed by atoms with Crippen LogP contribution in [0.3, 0.4) is 0 Å². The average molecular weight is 182 g/mol. The Labute approximate surface area is 74.1 Å². The minimum Gasteiger partial charge on any atom is -0.497 e. The van der Waals surface area contributed by atoms with Gasteiger partial charge >= 0.3 is 0 Å². The van der Waals surface area contributed by atoms with Gasteiger partial charge in [0.25, 0.3) is 0 Å². The predicted molar refractivity (Wildman–Crippen MR) is 52.3 cm³/mol. The highest BCUT2D eigenvalue weighted by molar-refractivity contribution is 7.27. The summed E-state index contributed by atoms with van der Waals surface area (Å²) in [6.45, 7) is 1.54. The number of rotatable bonds is 2. The van der Waals surface area contributed by atoms with Gasteiger partial charge in [0, 0.05) is 5.56 Å². The number of hydrogen-bond donors (Lipinski definition) is 0. The molecule has 0 saturated heterocycles. The van der Waals surface area contributed by atoms with E-state index in [-0.39, 0.29) is 5.78 Å². The summed E-state index contributed by atoms with van der Waals surface area (Å²) in [5.74, 6) is 0.769. The largest absolute Gasteiger partial charge is 0.497 e. The third-order valence-electron chi connectivity index (χ3n) is 1.64. The van der Waals surface area contributed by atoms with Gasteiger partial charge in [0.05, 0.1) is 7.11 Å². The Kier molecular flexibility index (Phi) is 2.83. The molecule has 0 bridgehead atoms. The van der Waals surface area contributed by atoms with Crippen LogP contribution >= 0.6 is 9.24 Å². The Balaban J connectivity index is 3.17. The Hall–Kier alpha value is -0.880. The predicted octanol–water partition coefficient (Wildman–Crippen LogP) is 1.40. The monoisotopic (exact) mass is 182 g/mol. The lowest BCUT2D eigenvalue weighted by molar-refractivity contribution is 0.101. The molecule has 0 saturated carbocycles. The van der Waals surface area contributed by atoms with Crippen LogP contribution in [0.2, 0.25) is 0 Å². The van der Waals surface area contributed by atoms with E-state index in [9.17, 15) is 4.79 Å². The minimum absolute atomic E-state index is 0.0545. The number of Topliss-reactive ketones (excluding diaryl/α,β-unsaturated/α-hetero) is 1. The van der Waals surface area contributed by atoms with E-state index in [0.29, 0.717) is 11.3 Å². The van der Waals surface area contributed by atoms with Crippen LogP contribution in [-0.2, 0) is 0 Å². The normalized spacial score (nSPS) is 9.58. The maximum Gasteiger partial charge on any atom is 0.160 e. The molecule has 0 spiro atoms. The van der Waals surface area contributed by atoms with Crippen molar-refractivity contribution in [1.82, 2.24) is 0 Å². The van der Waals surface area contributed by atoms with Gasteiger partial charge in [0.2, 0.25) is 0 Å². The Morgan fingerprint density at radius 1 is 1.50 bits per heavy atom. The lowest BCUT2D eigenvalue weighted by Gasteiger charge is -2.04. The fourth-order valence-electron chi connectivity index (χ4n) is 0.967. The van der Waals surface area contributed by atoms with Crippen molar-refractivity contribution in [1.29, 1.82) is 0 Å². The molecule has 0 aromatic heterocycles. The topological polar surface area (TPSA) is 26.3 Å². The van der Waals surface area contributed by atoms with Crippen LogP contribution in [0.5, 0.6) is 5.75 Å². The molecule has 0 heterocycles. The molecule has 0 amide bonds. The van der Waals surface area contributed by atoms with Crippen molar-refractivity contribution in [2.45, 2.75) is 6.92 Å². The van der Waals surface area contributed by atoms with E-state index in [1.807, 2.05) is 12.1 Å². The quantitative estimate of drug-likeness (QED) is 0.510. The van der Waals surface area contributed by atoms with Gasteiger partial charge in [-0.3, -0.25) is 4.79 Å². The van der Waals surface area contributed by atoms with Crippen LogP contribution in [0.4, 0.5) is 0 Å². The summed E-state index contributed by atoms with van der Waals surface area (Å²) in [4.78, 5) is 11.1. The third kappa shape index (κ3) is 1.83. The minimum atomic E-state index is 0.0545. The van der Waals surface area contributed by atoms with Crippen molar-refractivity contribution < 1.29 is 9.53 Å². The molecular weight excluding hydrogens is 171 g/mol. The summed E-state index contributed by atoms with van der Waals surface area (Å²) in [6, 6.07) is 5.42. The van der Waals surface area contributed by atoms with Crippen LogP contribution in [0, 0.1) is 0 Å². The fourth-order valence-corrected chi connectivity index (χ4v) is 1.35. The van der Waals surface area contributed by atoms with E-state index in [0.717, 1.165) is 5.30 Å². The lowest BCUT2D eigenvalue weighted by Crippen LogP contribution is -2.06. The third-order valence-corrected chi connectivity index (χ3v) is 2.14. The van der Waals surface area contributed by atoms with Crippen LogP contribution in [0.1, 0.15) is 17.3 Å². The first-order chi connectivity index (χ1) is 5.65. The van der Waals surface area contributed by atoms with Gasteiger partial charge in [-0.25, -0.2) is 0 Å². The van der Waals surface area contributed by atoms with Crippen molar-refractivity contribution in [3.05, 3.63) is 23.8 Å². The maximum atomic E-state index is 11.1. The van der Waals surface area contributed by atoms with E-state index in [4.69, 9.17) is 4.74 Å². The van der Waals surface area contributed by atoms with Crippen LogP contribution in [0.25, 0.3) is 0 Å². The maximum absolute atomic E-state index is 11.1. The second-order valence-electron chi connectivity index (χ2n) is 2.51. The molecule has 1 aromatic rings. The number of benzene rings is 1. The van der Waals surface area contributed by atoms with Gasteiger partial charge in [-0.2, -0.15) is 0 Å². The number of carbonyl (C=O) groups excluding carboxylic acids is 1. The number of hydrogen-bond acceptors (Lipinski definition) is 2. The first-order valence-corrected chi connectivity index (χ1v) is 4.17. The smallest absolute Gasteiger partial charge is 0.160 e. The van der Waals surface area contributed by atoms with E-state index < -0.39 is 0 Å². The molecule has 0 radical (unpaired) electrons. The first kappa shape index (κ1) is 9.21. The molecule has 64 valence electrons. The molecule has 0 aliphatic carbocycles. The molecule has 0 aliphatic rings. The van der Waals surface area contributed by atoms with Gasteiger partial charge < -0.3 is 4.74 Å². The standard InChI is InChI=1S/C9H11O2P/c1-6(10)8-5-7(11-2)3-4-9(8)12/h3-5H,12H2,1-2H3. The van der Waals surface area contributed by atoms with E-state index in [1.54, 1.807) is 20.1 Å². The van der Waals surface area contributed by atoms with Gasteiger partial charge in [0.1, 0.15) is 5.75 Å². The summed E-state index contributed by atoms with van der Waals surface area (Å²) in [5, 5.41) is 0.906. The molecule has 2 nitrogen and oxygen atoms in total. The summed E-state index contributed by atoms with van der Waals surface area (Å²) in [5.41, 5.74) is 0.694. The van der Waals surface area contributed by atoms with Gasteiger partial charge in [-0.1, -0.05) is 6.07 Å². The Bertz CT molecular complexity index is 307. The molecule has 12 heavy (non-hydrogen) atoms. The zero-order valence-corrected chi connectivity index (χ0v) is 8.28. The molecule has 0 aliphatic heterocycles. The van der Waals surface area contributed by atoms with E-state index >= 15 is 0 Å².